The van der Waals surface area contributed by atoms with Gasteiger partial charge in [-0.05, 0) is 43.2 Å². The summed E-state index contributed by atoms with van der Waals surface area (Å²) in [6.45, 7) is 5.20. The van der Waals surface area contributed by atoms with Crippen molar-refractivity contribution < 1.29 is 4.79 Å². The van der Waals surface area contributed by atoms with Crippen LogP contribution in [0, 0.1) is 6.92 Å². The predicted octanol–water partition coefficient (Wildman–Crippen LogP) is 3.89. The van der Waals surface area contributed by atoms with Crippen molar-refractivity contribution in [2.24, 2.45) is 0 Å². The number of amides is 1. The van der Waals surface area contributed by atoms with Gasteiger partial charge in [-0.2, -0.15) is 0 Å². The third kappa shape index (κ3) is 3.56. The minimum absolute atomic E-state index is 0.0780. The second-order valence-electron chi connectivity index (χ2n) is 4.99. The van der Waals surface area contributed by atoms with E-state index < -0.39 is 0 Å². The third-order valence-corrected chi connectivity index (χ3v) is 3.83. The van der Waals surface area contributed by atoms with Crippen LogP contribution in [-0.2, 0) is 6.54 Å². The van der Waals surface area contributed by atoms with Crippen molar-refractivity contribution in [3.05, 3.63) is 64.2 Å². The standard InChI is InChI=1S/C17H19ClN2O/c1-3-20(11-13-7-5-4-6-12(13)2)17(21)15-9-8-14(19)10-16(15)18/h4-10H,3,11,19H2,1-2H3. The monoisotopic (exact) mass is 302 g/mol. The molecule has 0 spiro atoms. The van der Waals surface area contributed by atoms with E-state index in [0.29, 0.717) is 29.4 Å². The lowest BCUT2D eigenvalue weighted by Crippen LogP contribution is -2.30. The van der Waals surface area contributed by atoms with E-state index >= 15 is 0 Å². The van der Waals surface area contributed by atoms with Crippen molar-refractivity contribution in [3.63, 3.8) is 0 Å². The molecule has 4 heteroatoms. The number of nitrogens with two attached hydrogens (primary N) is 1. The number of rotatable bonds is 4. The van der Waals surface area contributed by atoms with Gasteiger partial charge in [0.2, 0.25) is 0 Å². The van der Waals surface area contributed by atoms with Crippen LogP contribution in [0.1, 0.15) is 28.4 Å². The van der Waals surface area contributed by atoms with Crippen molar-refractivity contribution >= 4 is 23.2 Å². The van der Waals surface area contributed by atoms with Crippen molar-refractivity contribution in [1.82, 2.24) is 4.90 Å². The van der Waals surface area contributed by atoms with Gasteiger partial charge in [0.15, 0.2) is 0 Å². The van der Waals surface area contributed by atoms with E-state index in [-0.39, 0.29) is 5.91 Å². The van der Waals surface area contributed by atoms with Crippen LogP contribution < -0.4 is 5.73 Å². The highest BCUT2D eigenvalue weighted by atomic mass is 35.5. The SMILES string of the molecule is CCN(Cc1ccccc1C)C(=O)c1ccc(N)cc1Cl. The molecule has 0 unspecified atom stereocenters. The minimum atomic E-state index is -0.0780. The van der Waals surface area contributed by atoms with Gasteiger partial charge < -0.3 is 10.6 Å². The van der Waals surface area contributed by atoms with Crippen LogP contribution >= 0.6 is 11.6 Å². The first-order valence-electron chi connectivity index (χ1n) is 6.91. The molecule has 0 saturated carbocycles. The van der Waals surface area contributed by atoms with Crippen LogP contribution in [0.2, 0.25) is 5.02 Å². The zero-order valence-corrected chi connectivity index (χ0v) is 13.0. The Morgan fingerprint density at radius 3 is 2.57 bits per heavy atom. The molecule has 0 aliphatic rings. The number of hydrogen-bond donors (Lipinski definition) is 1. The maximum absolute atomic E-state index is 12.6. The average molecular weight is 303 g/mol. The van der Waals surface area contributed by atoms with Crippen LogP contribution in [0.15, 0.2) is 42.5 Å². The van der Waals surface area contributed by atoms with Gasteiger partial charge in [0, 0.05) is 18.8 Å². The van der Waals surface area contributed by atoms with E-state index in [1.54, 1.807) is 23.1 Å². The first-order valence-corrected chi connectivity index (χ1v) is 7.29. The summed E-state index contributed by atoms with van der Waals surface area (Å²) in [6, 6.07) is 13.0. The molecule has 3 nitrogen and oxygen atoms in total. The maximum Gasteiger partial charge on any atom is 0.255 e. The molecule has 2 N–H and O–H groups in total. The zero-order valence-electron chi connectivity index (χ0n) is 12.3. The van der Waals surface area contributed by atoms with E-state index in [0.717, 1.165) is 5.56 Å². The minimum Gasteiger partial charge on any atom is -0.399 e. The Morgan fingerprint density at radius 2 is 1.95 bits per heavy atom. The van der Waals surface area contributed by atoms with Crippen LogP contribution in [0.4, 0.5) is 5.69 Å². The van der Waals surface area contributed by atoms with Gasteiger partial charge in [-0.1, -0.05) is 35.9 Å². The van der Waals surface area contributed by atoms with Crippen molar-refractivity contribution in [2.75, 3.05) is 12.3 Å². The Labute approximate surface area is 130 Å². The molecule has 0 aliphatic heterocycles. The molecule has 1 amide bonds. The number of anilines is 1. The van der Waals surface area contributed by atoms with Crippen LogP contribution in [0.3, 0.4) is 0 Å². The lowest BCUT2D eigenvalue weighted by atomic mass is 10.1. The molecule has 2 aromatic rings. The van der Waals surface area contributed by atoms with Crippen molar-refractivity contribution in [1.29, 1.82) is 0 Å². The highest BCUT2D eigenvalue weighted by molar-refractivity contribution is 6.34. The largest absolute Gasteiger partial charge is 0.399 e. The highest BCUT2D eigenvalue weighted by Gasteiger charge is 2.18. The summed E-state index contributed by atoms with van der Waals surface area (Å²) in [5.74, 6) is -0.0780. The first kappa shape index (κ1) is 15.4. The fourth-order valence-electron chi connectivity index (χ4n) is 2.20. The van der Waals surface area contributed by atoms with E-state index in [1.807, 2.05) is 38.1 Å². The highest BCUT2D eigenvalue weighted by Crippen LogP contribution is 2.22. The summed E-state index contributed by atoms with van der Waals surface area (Å²) in [4.78, 5) is 14.4. The maximum atomic E-state index is 12.6. The van der Waals surface area contributed by atoms with Crippen LogP contribution in [-0.4, -0.2) is 17.4 Å². The topological polar surface area (TPSA) is 46.3 Å². The van der Waals surface area contributed by atoms with E-state index in [9.17, 15) is 4.79 Å². The van der Waals surface area contributed by atoms with Gasteiger partial charge in [-0.25, -0.2) is 0 Å². The van der Waals surface area contributed by atoms with Crippen LogP contribution in [0.25, 0.3) is 0 Å². The molecule has 110 valence electrons. The number of hydrogen-bond acceptors (Lipinski definition) is 2. The number of halogens is 1. The molecule has 0 saturated heterocycles. The van der Waals surface area contributed by atoms with Gasteiger partial charge in [-0.15, -0.1) is 0 Å². The number of aryl methyl sites for hydroxylation is 1. The molecule has 0 aromatic heterocycles. The molecule has 2 rings (SSSR count). The summed E-state index contributed by atoms with van der Waals surface area (Å²) in [6.07, 6.45) is 0. The molecule has 0 radical (unpaired) electrons. The summed E-state index contributed by atoms with van der Waals surface area (Å²) in [5, 5.41) is 0.392. The average Bonchev–Trinajstić information content (AvgIpc) is 2.46. The Morgan fingerprint density at radius 1 is 1.24 bits per heavy atom. The van der Waals surface area contributed by atoms with Crippen LogP contribution in [0.5, 0.6) is 0 Å². The van der Waals surface area contributed by atoms with E-state index in [2.05, 4.69) is 0 Å². The zero-order chi connectivity index (χ0) is 15.4. The molecule has 21 heavy (non-hydrogen) atoms. The van der Waals surface area contributed by atoms with Gasteiger partial charge in [-0.3, -0.25) is 4.79 Å². The Hall–Kier alpha value is -2.00. The van der Waals surface area contributed by atoms with Crippen molar-refractivity contribution in [3.8, 4) is 0 Å². The molecule has 2 aromatic carbocycles. The fraction of sp³-hybridized carbons (Fsp3) is 0.235. The summed E-state index contributed by atoms with van der Waals surface area (Å²) in [7, 11) is 0. The lowest BCUT2D eigenvalue weighted by Gasteiger charge is -2.22. The summed E-state index contributed by atoms with van der Waals surface area (Å²) in [5.41, 5.74) is 9.02. The van der Waals surface area contributed by atoms with E-state index in [4.69, 9.17) is 17.3 Å². The molecule has 0 atom stereocenters. The smallest absolute Gasteiger partial charge is 0.255 e. The number of nitrogen functional groups attached to an aromatic ring is 1. The first-order chi connectivity index (χ1) is 10.0. The second kappa shape index (κ2) is 6.64. The third-order valence-electron chi connectivity index (χ3n) is 3.51. The predicted molar refractivity (Wildman–Crippen MR) is 87.5 cm³/mol. The number of nitrogens with zero attached hydrogens (tertiary/aromatic N) is 1. The molecule has 0 fully saturated rings. The molecular weight excluding hydrogens is 284 g/mol. The van der Waals surface area contributed by atoms with Gasteiger partial charge in [0.1, 0.15) is 0 Å². The molecule has 0 heterocycles. The van der Waals surface area contributed by atoms with Gasteiger partial charge in [0.25, 0.3) is 5.91 Å². The summed E-state index contributed by atoms with van der Waals surface area (Å²) >= 11 is 6.13. The molecular formula is C17H19ClN2O. The second-order valence-corrected chi connectivity index (χ2v) is 5.39. The summed E-state index contributed by atoms with van der Waals surface area (Å²) < 4.78 is 0. The van der Waals surface area contributed by atoms with E-state index in [1.165, 1.54) is 5.56 Å². The van der Waals surface area contributed by atoms with Gasteiger partial charge in [0.05, 0.1) is 10.6 Å². The normalized spacial score (nSPS) is 10.4. The Kier molecular flexibility index (Phi) is 4.86. The fourth-order valence-corrected chi connectivity index (χ4v) is 2.47. The van der Waals surface area contributed by atoms with Gasteiger partial charge >= 0.3 is 0 Å². The Balaban J connectivity index is 2.25. The number of carbonyl (C=O) groups excluding carboxylic acids is 1. The quantitative estimate of drug-likeness (QED) is 0.871. The molecule has 0 aliphatic carbocycles. The molecule has 0 bridgehead atoms. The number of carbonyl (C=O) groups is 1. The Bertz CT molecular complexity index is 655. The lowest BCUT2D eigenvalue weighted by molar-refractivity contribution is 0.0752. The number of benzene rings is 2. The van der Waals surface area contributed by atoms with Crippen molar-refractivity contribution in [2.45, 2.75) is 20.4 Å².